The lowest BCUT2D eigenvalue weighted by Crippen LogP contribution is -2.29. The van der Waals surface area contributed by atoms with Crippen LogP contribution in [0.1, 0.15) is 25.3 Å². The summed E-state index contributed by atoms with van der Waals surface area (Å²) in [5.74, 6) is -2.51. The van der Waals surface area contributed by atoms with Crippen molar-refractivity contribution in [2.45, 2.75) is 25.2 Å². The molecular formula is C24H30N2O4. The van der Waals surface area contributed by atoms with E-state index in [1.54, 1.807) is 0 Å². The van der Waals surface area contributed by atoms with Gasteiger partial charge in [0.25, 0.3) is 0 Å². The van der Waals surface area contributed by atoms with E-state index in [1.807, 2.05) is 0 Å². The minimum Gasteiger partial charge on any atom is -0.478 e. The molecule has 0 aliphatic carbocycles. The third-order valence-corrected chi connectivity index (χ3v) is 5.12. The van der Waals surface area contributed by atoms with Crippen molar-refractivity contribution in [3.05, 3.63) is 72.3 Å². The van der Waals surface area contributed by atoms with Crippen molar-refractivity contribution in [3.63, 3.8) is 0 Å². The van der Waals surface area contributed by atoms with E-state index in [0.717, 1.165) is 13.1 Å². The predicted molar refractivity (Wildman–Crippen MR) is 119 cm³/mol. The maximum Gasteiger partial charge on any atom is 0.328 e. The highest BCUT2D eigenvalue weighted by Gasteiger charge is 2.38. The molecule has 3 rings (SSSR count). The first kappa shape index (κ1) is 23.2. The molecule has 2 N–H and O–H groups in total. The molecular weight excluding hydrogens is 380 g/mol. The maximum absolute atomic E-state index is 9.55. The monoisotopic (exact) mass is 410 g/mol. The summed E-state index contributed by atoms with van der Waals surface area (Å²) < 4.78 is 0. The number of carbonyl (C=O) groups is 2. The van der Waals surface area contributed by atoms with E-state index in [1.165, 1.54) is 29.8 Å². The fraction of sp³-hybridized carbons (Fsp3) is 0.333. The van der Waals surface area contributed by atoms with Crippen LogP contribution in [0.15, 0.2) is 66.7 Å². The Morgan fingerprint density at radius 1 is 1.00 bits per heavy atom. The number of carboxylic acid groups (broad SMARTS) is 2. The number of hydrogen-bond acceptors (Lipinski definition) is 4. The van der Waals surface area contributed by atoms with E-state index in [-0.39, 0.29) is 5.41 Å². The molecule has 1 aliphatic heterocycles. The quantitative estimate of drug-likeness (QED) is 0.668. The minimum absolute atomic E-state index is 0.239. The SMILES string of the molecule is CN(C)CCCC1(C)CN(c2ccccc2)c2ccccc21.O=C(O)C=CC(=O)O. The van der Waals surface area contributed by atoms with E-state index < -0.39 is 11.9 Å². The highest BCUT2D eigenvalue weighted by Crippen LogP contribution is 2.46. The van der Waals surface area contributed by atoms with Crippen LogP contribution in [0.4, 0.5) is 11.4 Å². The Labute approximate surface area is 178 Å². The van der Waals surface area contributed by atoms with Crippen LogP contribution in [0.25, 0.3) is 0 Å². The van der Waals surface area contributed by atoms with Crippen molar-refractivity contribution in [3.8, 4) is 0 Å². The Balaban J connectivity index is 0.000000343. The summed E-state index contributed by atoms with van der Waals surface area (Å²) in [7, 11) is 4.31. The van der Waals surface area contributed by atoms with Gasteiger partial charge in [0, 0.05) is 35.5 Å². The third-order valence-electron chi connectivity index (χ3n) is 5.12. The van der Waals surface area contributed by atoms with Gasteiger partial charge in [-0.25, -0.2) is 9.59 Å². The smallest absolute Gasteiger partial charge is 0.328 e. The molecule has 2 aromatic carbocycles. The van der Waals surface area contributed by atoms with Crippen molar-refractivity contribution in [1.29, 1.82) is 0 Å². The van der Waals surface area contributed by atoms with Gasteiger partial charge in [-0.15, -0.1) is 0 Å². The highest BCUT2D eigenvalue weighted by molar-refractivity contribution is 5.89. The molecule has 1 heterocycles. The van der Waals surface area contributed by atoms with E-state index in [2.05, 4.69) is 85.4 Å². The Morgan fingerprint density at radius 3 is 2.13 bits per heavy atom. The summed E-state index contributed by atoms with van der Waals surface area (Å²) in [4.78, 5) is 23.9. The van der Waals surface area contributed by atoms with Gasteiger partial charge in [-0.3, -0.25) is 0 Å². The van der Waals surface area contributed by atoms with Gasteiger partial charge in [0.05, 0.1) is 0 Å². The molecule has 0 bridgehead atoms. The molecule has 0 fully saturated rings. The number of para-hydroxylation sites is 2. The van der Waals surface area contributed by atoms with Gasteiger partial charge in [-0.1, -0.05) is 43.3 Å². The second-order valence-electron chi connectivity index (χ2n) is 7.92. The summed E-state index contributed by atoms with van der Waals surface area (Å²) in [6.07, 6.45) is 3.58. The van der Waals surface area contributed by atoms with Gasteiger partial charge in [-0.05, 0) is 57.2 Å². The number of carboxylic acids is 2. The molecule has 0 amide bonds. The Kier molecular flexibility index (Phi) is 8.18. The van der Waals surface area contributed by atoms with Gasteiger partial charge in [0.1, 0.15) is 0 Å². The van der Waals surface area contributed by atoms with E-state index in [0.29, 0.717) is 12.2 Å². The molecule has 6 heteroatoms. The lowest BCUT2D eigenvalue weighted by molar-refractivity contribution is -0.134. The number of nitrogens with zero attached hydrogens (tertiary/aromatic N) is 2. The van der Waals surface area contributed by atoms with E-state index >= 15 is 0 Å². The summed E-state index contributed by atoms with van der Waals surface area (Å²) >= 11 is 0. The topological polar surface area (TPSA) is 81.1 Å². The van der Waals surface area contributed by atoms with Crippen LogP contribution in [0.3, 0.4) is 0 Å². The number of anilines is 2. The molecule has 0 spiro atoms. The number of fused-ring (bicyclic) bond motifs is 1. The molecule has 0 saturated heterocycles. The van der Waals surface area contributed by atoms with Crippen LogP contribution in [-0.2, 0) is 15.0 Å². The zero-order valence-corrected chi connectivity index (χ0v) is 17.8. The van der Waals surface area contributed by atoms with Crippen LogP contribution >= 0.6 is 0 Å². The number of rotatable bonds is 7. The molecule has 0 radical (unpaired) electrons. The van der Waals surface area contributed by atoms with E-state index in [9.17, 15) is 9.59 Å². The second kappa shape index (κ2) is 10.6. The Morgan fingerprint density at radius 2 is 1.57 bits per heavy atom. The lowest BCUT2D eigenvalue weighted by atomic mass is 9.80. The molecule has 1 unspecified atom stereocenters. The summed E-state index contributed by atoms with van der Waals surface area (Å²) in [6.45, 7) is 4.65. The van der Waals surface area contributed by atoms with Gasteiger partial charge >= 0.3 is 11.9 Å². The normalized spacial score (nSPS) is 17.5. The molecule has 6 nitrogen and oxygen atoms in total. The van der Waals surface area contributed by atoms with Crippen molar-refractivity contribution in [2.75, 3.05) is 32.1 Å². The van der Waals surface area contributed by atoms with Crippen molar-refractivity contribution in [1.82, 2.24) is 4.90 Å². The van der Waals surface area contributed by atoms with Crippen LogP contribution < -0.4 is 4.90 Å². The Bertz CT molecular complexity index is 864. The standard InChI is InChI=1S/C20H26N2.C4H4O4/c1-20(14-9-15-21(2)3)16-22(17-10-5-4-6-11-17)19-13-8-7-12-18(19)20;5-3(6)1-2-4(7)8/h4-8,10-13H,9,14-16H2,1-3H3;1-2H,(H,5,6)(H,7,8). The molecule has 0 aromatic heterocycles. The molecule has 160 valence electrons. The third kappa shape index (κ3) is 6.46. The molecule has 1 aliphatic rings. The van der Waals surface area contributed by atoms with Crippen molar-refractivity contribution in [2.24, 2.45) is 0 Å². The van der Waals surface area contributed by atoms with Crippen LogP contribution in [0, 0.1) is 0 Å². The fourth-order valence-corrected chi connectivity index (χ4v) is 3.72. The summed E-state index contributed by atoms with van der Waals surface area (Å²) in [6, 6.07) is 19.7. The van der Waals surface area contributed by atoms with Crippen molar-refractivity contribution >= 4 is 23.3 Å². The van der Waals surface area contributed by atoms with Crippen molar-refractivity contribution < 1.29 is 19.8 Å². The van der Waals surface area contributed by atoms with Gasteiger partial charge in [-0.2, -0.15) is 0 Å². The van der Waals surface area contributed by atoms with Crippen LogP contribution in [-0.4, -0.2) is 54.2 Å². The average Bonchev–Trinajstić information content (AvgIpc) is 3.01. The highest BCUT2D eigenvalue weighted by atomic mass is 16.4. The number of benzene rings is 2. The second-order valence-corrected chi connectivity index (χ2v) is 7.92. The zero-order chi connectivity index (χ0) is 22.1. The minimum atomic E-state index is -1.26. The first-order chi connectivity index (χ1) is 14.2. The van der Waals surface area contributed by atoms with Gasteiger partial charge in [0.2, 0.25) is 0 Å². The maximum atomic E-state index is 9.55. The number of hydrogen-bond donors (Lipinski definition) is 2. The zero-order valence-electron chi connectivity index (χ0n) is 17.8. The molecule has 30 heavy (non-hydrogen) atoms. The first-order valence-electron chi connectivity index (χ1n) is 9.94. The fourth-order valence-electron chi connectivity index (χ4n) is 3.72. The van der Waals surface area contributed by atoms with Crippen LogP contribution in [0.2, 0.25) is 0 Å². The first-order valence-corrected chi connectivity index (χ1v) is 9.94. The molecule has 2 aromatic rings. The van der Waals surface area contributed by atoms with Gasteiger partial charge in [0.15, 0.2) is 0 Å². The molecule has 1 atom stereocenters. The van der Waals surface area contributed by atoms with E-state index in [4.69, 9.17) is 10.2 Å². The van der Waals surface area contributed by atoms with Gasteiger partial charge < -0.3 is 20.0 Å². The summed E-state index contributed by atoms with van der Waals surface area (Å²) in [5.41, 5.74) is 4.41. The number of aliphatic carboxylic acids is 2. The van der Waals surface area contributed by atoms with Crippen LogP contribution in [0.5, 0.6) is 0 Å². The Hall–Kier alpha value is -3.12. The average molecular weight is 411 g/mol. The summed E-state index contributed by atoms with van der Waals surface area (Å²) in [5, 5.41) is 15.6. The predicted octanol–water partition coefficient (Wildman–Crippen LogP) is 4.15. The molecule has 0 saturated carbocycles. The largest absolute Gasteiger partial charge is 0.478 e. The lowest BCUT2D eigenvalue weighted by Gasteiger charge is -2.27.